The van der Waals surface area contributed by atoms with Crippen molar-refractivity contribution in [1.29, 1.82) is 5.26 Å². The largest absolute Gasteiger partial charge is 0.385 e. The molecule has 1 aromatic carbocycles. The molecule has 0 saturated heterocycles. The average Bonchev–Trinajstić information content (AvgIpc) is 2.21. The molecule has 0 atom stereocenters. The minimum Gasteiger partial charge on any atom is -0.385 e. The van der Waals surface area contributed by atoms with E-state index in [1.165, 1.54) is 3.57 Å². The van der Waals surface area contributed by atoms with Crippen molar-refractivity contribution in [3.63, 3.8) is 0 Å². The molecule has 0 amide bonds. The van der Waals surface area contributed by atoms with E-state index in [0.717, 1.165) is 18.7 Å². The van der Waals surface area contributed by atoms with Crippen LogP contribution in [0.15, 0.2) is 24.3 Å². The standard InChI is InChI=1S/C12H15IN2/c1-12(2,9-14)7-8-15-11-5-3-10(13)4-6-11/h3-6,15H,7-8H2,1-2H3. The number of nitrogens with one attached hydrogen (secondary N) is 1. The van der Waals surface area contributed by atoms with Gasteiger partial charge in [0.1, 0.15) is 0 Å². The van der Waals surface area contributed by atoms with E-state index in [4.69, 9.17) is 5.26 Å². The van der Waals surface area contributed by atoms with Gasteiger partial charge < -0.3 is 5.32 Å². The number of anilines is 1. The number of benzene rings is 1. The molecule has 0 aliphatic rings. The summed E-state index contributed by atoms with van der Waals surface area (Å²) in [5, 5.41) is 12.2. The topological polar surface area (TPSA) is 35.8 Å². The van der Waals surface area contributed by atoms with E-state index < -0.39 is 0 Å². The SMILES string of the molecule is CC(C)(C#N)CCNc1ccc(I)cc1. The fourth-order valence-corrected chi connectivity index (χ4v) is 1.50. The summed E-state index contributed by atoms with van der Waals surface area (Å²) in [6, 6.07) is 10.5. The summed E-state index contributed by atoms with van der Waals surface area (Å²) in [6.07, 6.45) is 0.857. The van der Waals surface area contributed by atoms with E-state index >= 15 is 0 Å². The van der Waals surface area contributed by atoms with Crippen molar-refractivity contribution in [2.24, 2.45) is 5.41 Å². The van der Waals surface area contributed by atoms with E-state index in [1.807, 2.05) is 13.8 Å². The summed E-state index contributed by atoms with van der Waals surface area (Å²) in [5.41, 5.74) is 0.875. The molecule has 0 aliphatic heterocycles. The number of hydrogen-bond acceptors (Lipinski definition) is 2. The summed E-state index contributed by atoms with van der Waals surface area (Å²) in [6.45, 7) is 4.76. The predicted molar refractivity (Wildman–Crippen MR) is 71.7 cm³/mol. The van der Waals surface area contributed by atoms with Crippen LogP contribution >= 0.6 is 22.6 Å². The second-order valence-corrected chi connectivity index (χ2v) is 5.42. The van der Waals surface area contributed by atoms with Crippen LogP contribution in [-0.2, 0) is 0 Å². The molecule has 3 heteroatoms. The first-order valence-electron chi connectivity index (χ1n) is 4.94. The lowest BCUT2D eigenvalue weighted by atomic mass is 9.91. The van der Waals surface area contributed by atoms with Crippen LogP contribution < -0.4 is 5.32 Å². The average molecular weight is 314 g/mol. The van der Waals surface area contributed by atoms with Gasteiger partial charge in [-0.1, -0.05) is 0 Å². The van der Waals surface area contributed by atoms with E-state index in [1.54, 1.807) is 0 Å². The molecule has 15 heavy (non-hydrogen) atoms. The van der Waals surface area contributed by atoms with Crippen molar-refractivity contribution < 1.29 is 0 Å². The van der Waals surface area contributed by atoms with Crippen molar-refractivity contribution >= 4 is 28.3 Å². The van der Waals surface area contributed by atoms with Gasteiger partial charge in [0.25, 0.3) is 0 Å². The van der Waals surface area contributed by atoms with Crippen molar-refractivity contribution in [3.05, 3.63) is 27.8 Å². The Morgan fingerprint density at radius 1 is 1.33 bits per heavy atom. The molecule has 80 valence electrons. The van der Waals surface area contributed by atoms with Gasteiger partial charge in [-0.05, 0) is 67.1 Å². The van der Waals surface area contributed by atoms with Gasteiger partial charge in [-0.2, -0.15) is 5.26 Å². The summed E-state index contributed by atoms with van der Waals surface area (Å²) in [7, 11) is 0. The molecule has 0 aromatic heterocycles. The maximum absolute atomic E-state index is 8.85. The highest BCUT2D eigenvalue weighted by atomic mass is 127. The molecule has 0 fully saturated rings. The molecule has 0 heterocycles. The maximum atomic E-state index is 8.85. The molecule has 0 spiro atoms. The Balaban J connectivity index is 2.39. The fraction of sp³-hybridized carbons (Fsp3) is 0.417. The van der Waals surface area contributed by atoms with Gasteiger partial charge in [-0.25, -0.2) is 0 Å². The zero-order chi connectivity index (χ0) is 11.3. The molecule has 0 bridgehead atoms. The number of hydrogen-bond donors (Lipinski definition) is 1. The van der Waals surface area contributed by atoms with Gasteiger partial charge in [0, 0.05) is 15.8 Å². The zero-order valence-electron chi connectivity index (χ0n) is 9.05. The zero-order valence-corrected chi connectivity index (χ0v) is 11.2. The molecule has 1 N–H and O–H groups in total. The molecule has 2 nitrogen and oxygen atoms in total. The first-order valence-corrected chi connectivity index (χ1v) is 6.02. The van der Waals surface area contributed by atoms with Gasteiger partial charge in [0.15, 0.2) is 0 Å². The quantitative estimate of drug-likeness (QED) is 0.861. The van der Waals surface area contributed by atoms with Crippen molar-refractivity contribution in [2.45, 2.75) is 20.3 Å². The van der Waals surface area contributed by atoms with Crippen molar-refractivity contribution in [2.75, 3.05) is 11.9 Å². The fourth-order valence-electron chi connectivity index (χ4n) is 1.14. The summed E-state index contributed by atoms with van der Waals surface area (Å²) >= 11 is 2.28. The van der Waals surface area contributed by atoms with Gasteiger partial charge in [-0.3, -0.25) is 0 Å². The highest BCUT2D eigenvalue weighted by Gasteiger charge is 2.15. The molecule has 1 rings (SSSR count). The van der Waals surface area contributed by atoms with Crippen LogP contribution in [0.4, 0.5) is 5.69 Å². The Labute approximate surface area is 105 Å². The molecule has 0 saturated carbocycles. The molecule has 0 radical (unpaired) electrons. The first-order chi connectivity index (χ1) is 7.03. The van der Waals surface area contributed by atoms with Gasteiger partial charge in [0.05, 0.1) is 11.5 Å². The van der Waals surface area contributed by atoms with Crippen LogP contribution in [-0.4, -0.2) is 6.54 Å². The Hall–Kier alpha value is -0.760. The number of nitrogens with zero attached hydrogens (tertiary/aromatic N) is 1. The second-order valence-electron chi connectivity index (χ2n) is 4.18. The Kier molecular flexibility index (Phi) is 4.40. The summed E-state index contributed by atoms with van der Waals surface area (Å²) < 4.78 is 1.23. The number of rotatable bonds is 4. The normalized spacial score (nSPS) is 10.8. The van der Waals surface area contributed by atoms with Gasteiger partial charge in [0.2, 0.25) is 0 Å². The molecular weight excluding hydrogens is 299 g/mol. The third kappa shape index (κ3) is 4.52. The monoisotopic (exact) mass is 314 g/mol. The highest BCUT2D eigenvalue weighted by Crippen LogP contribution is 2.19. The van der Waals surface area contributed by atoms with E-state index in [9.17, 15) is 0 Å². The Morgan fingerprint density at radius 3 is 2.47 bits per heavy atom. The lowest BCUT2D eigenvalue weighted by Gasteiger charge is -2.15. The minimum atomic E-state index is -0.240. The predicted octanol–water partition coefficient (Wildman–Crippen LogP) is 3.64. The van der Waals surface area contributed by atoms with Crippen LogP contribution in [0.5, 0.6) is 0 Å². The van der Waals surface area contributed by atoms with E-state index in [0.29, 0.717) is 0 Å². The first kappa shape index (κ1) is 12.3. The molecular formula is C12H15IN2. The van der Waals surface area contributed by atoms with Crippen LogP contribution in [0, 0.1) is 20.3 Å². The smallest absolute Gasteiger partial charge is 0.0684 e. The summed E-state index contributed by atoms with van der Waals surface area (Å²) in [5.74, 6) is 0. The molecule has 1 aromatic rings. The van der Waals surface area contributed by atoms with Gasteiger partial charge in [-0.15, -0.1) is 0 Å². The minimum absolute atomic E-state index is 0.240. The van der Waals surface area contributed by atoms with Crippen molar-refractivity contribution in [1.82, 2.24) is 0 Å². The summed E-state index contributed by atoms with van der Waals surface area (Å²) in [4.78, 5) is 0. The van der Waals surface area contributed by atoms with Gasteiger partial charge >= 0.3 is 0 Å². The van der Waals surface area contributed by atoms with E-state index in [-0.39, 0.29) is 5.41 Å². The molecule has 0 aliphatic carbocycles. The maximum Gasteiger partial charge on any atom is 0.0684 e. The second kappa shape index (κ2) is 5.36. The lowest BCUT2D eigenvalue weighted by Crippen LogP contribution is -2.14. The molecule has 0 unspecified atom stereocenters. The third-order valence-electron chi connectivity index (χ3n) is 2.23. The van der Waals surface area contributed by atoms with Crippen LogP contribution in [0.2, 0.25) is 0 Å². The van der Waals surface area contributed by atoms with Crippen molar-refractivity contribution in [3.8, 4) is 6.07 Å². The Bertz CT molecular complexity index is 349. The number of nitriles is 1. The lowest BCUT2D eigenvalue weighted by molar-refractivity contribution is 0.466. The highest BCUT2D eigenvalue weighted by molar-refractivity contribution is 14.1. The number of halogens is 1. The van der Waals surface area contributed by atoms with Crippen LogP contribution in [0.1, 0.15) is 20.3 Å². The van der Waals surface area contributed by atoms with E-state index in [2.05, 4.69) is 58.2 Å². The third-order valence-corrected chi connectivity index (χ3v) is 2.95. The Morgan fingerprint density at radius 2 is 1.93 bits per heavy atom. The van der Waals surface area contributed by atoms with Crippen LogP contribution in [0.3, 0.4) is 0 Å². The van der Waals surface area contributed by atoms with Crippen LogP contribution in [0.25, 0.3) is 0 Å².